The largest absolute Gasteiger partial charge is 0.344 e. The number of imidazole rings is 1. The van der Waals surface area contributed by atoms with Gasteiger partial charge in [-0.3, -0.25) is 0 Å². The molecule has 0 amide bonds. The maximum absolute atomic E-state index is 4.13. The Kier molecular flexibility index (Phi) is 2.39. The van der Waals surface area contributed by atoms with Crippen LogP contribution in [0.5, 0.6) is 0 Å². The number of aromatic amines is 1. The van der Waals surface area contributed by atoms with Crippen LogP contribution >= 0.6 is 23.5 Å². The summed E-state index contributed by atoms with van der Waals surface area (Å²) in [5.74, 6) is 0. The molecule has 0 atom stereocenters. The molecule has 21 heavy (non-hydrogen) atoms. The molecule has 2 aliphatic heterocycles. The van der Waals surface area contributed by atoms with E-state index in [1.807, 2.05) is 18.0 Å². The first-order chi connectivity index (χ1) is 10.4. The number of thioether (sulfide) groups is 2. The van der Waals surface area contributed by atoms with Crippen LogP contribution in [0.4, 0.5) is 0 Å². The Bertz CT molecular complexity index is 937. The molecule has 0 saturated heterocycles. The molecule has 5 rings (SSSR count). The van der Waals surface area contributed by atoms with Crippen molar-refractivity contribution in [1.82, 2.24) is 9.97 Å². The van der Waals surface area contributed by atoms with E-state index < -0.39 is 0 Å². The fraction of sp³-hybridized carbons (Fsp3) is 0. The first-order valence-electron chi connectivity index (χ1n) is 6.71. The summed E-state index contributed by atoms with van der Waals surface area (Å²) < 4.78 is 0. The minimum atomic E-state index is 1.08. The lowest BCUT2D eigenvalue weighted by atomic mass is 9.98. The lowest BCUT2D eigenvalue weighted by Gasteiger charge is -2.21. The van der Waals surface area contributed by atoms with Crippen LogP contribution in [0.1, 0.15) is 16.8 Å². The molecule has 0 radical (unpaired) electrons. The molecule has 2 aliphatic rings. The molecule has 2 aromatic carbocycles. The number of hydrogen-bond acceptors (Lipinski definition) is 3. The van der Waals surface area contributed by atoms with Crippen molar-refractivity contribution in [1.29, 1.82) is 0 Å². The van der Waals surface area contributed by atoms with Gasteiger partial charge in [-0.2, -0.15) is 0 Å². The van der Waals surface area contributed by atoms with Gasteiger partial charge in [-0.1, -0.05) is 35.7 Å². The fourth-order valence-corrected chi connectivity index (χ4v) is 4.87. The number of hydrogen-bond donors (Lipinski definition) is 1. The zero-order valence-corrected chi connectivity index (χ0v) is 12.6. The Morgan fingerprint density at radius 3 is 2.71 bits per heavy atom. The lowest BCUT2D eigenvalue weighted by Crippen LogP contribution is -1.95. The van der Waals surface area contributed by atoms with Gasteiger partial charge in [0.15, 0.2) is 0 Å². The third-order valence-corrected chi connectivity index (χ3v) is 5.85. The molecular formula is C17H10N2S2. The highest BCUT2D eigenvalue weighted by Crippen LogP contribution is 2.48. The van der Waals surface area contributed by atoms with Gasteiger partial charge >= 0.3 is 0 Å². The first-order valence-corrected chi connectivity index (χ1v) is 8.41. The molecule has 1 N–H and O–H groups in total. The highest BCUT2D eigenvalue weighted by Gasteiger charge is 2.20. The van der Waals surface area contributed by atoms with Crippen LogP contribution in [0, 0.1) is 0 Å². The maximum Gasteiger partial charge on any atom is 0.0924 e. The molecule has 2 nitrogen and oxygen atoms in total. The third-order valence-electron chi connectivity index (χ3n) is 3.86. The molecule has 0 spiro atoms. The van der Waals surface area contributed by atoms with E-state index >= 15 is 0 Å². The van der Waals surface area contributed by atoms with Crippen LogP contribution in [0.25, 0.3) is 27.8 Å². The van der Waals surface area contributed by atoms with Crippen molar-refractivity contribution in [3.8, 4) is 0 Å². The van der Waals surface area contributed by atoms with Gasteiger partial charge in [-0.15, -0.1) is 0 Å². The van der Waals surface area contributed by atoms with Crippen LogP contribution < -0.4 is 0 Å². The molecule has 0 bridgehead atoms. The fourth-order valence-electron chi connectivity index (χ4n) is 2.92. The van der Waals surface area contributed by atoms with E-state index in [-0.39, 0.29) is 0 Å². The van der Waals surface area contributed by atoms with Crippen LogP contribution in [0.3, 0.4) is 0 Å². The van der Waals surface area contributed by atoms with Crippen LogP contribution in [-0.2, 0) is 0 Å². The van der Waals surface area contributed by atoms with Crippen LogP contribution in [-0.4, -0.2) is 9.97 Å². The lowest BCUT2D eigenvalue weighted by molar-refractivity contribution is 1.30. The number of benzene rings is 2. The van der Waals surface area contributed by atoms with Gasteiger partial charge in [-0.05, 0) is 40.8 Å². The Labute approximate surface area is 130 Å². The molecule has 3 heterocycles. The summed E-state index contributed by atoms with van der Waals surface area (Å²) in [5, 5.41) is 4.95. The Balaban J connectivity index is 1.84. The highest BCUT2D eigenvalue weighted by molar-refractivity contribution is 8.08. The standard InChI is InChI=1S/C17H10N2S2/c1-4-14-17-11(7-15(21-14)12-8-18-9-19-12)2-3-13-16(17)10(1)5-6-20-13/h1-9H,(H,18,19). The van der Waals surface area contributed by atoms with E-state index in [0.717, 1.165) is 5.69 Å². The second-order valence-electron chi connectivity index (χ2n) is 5.05. The van der Waals surface area contributed by atoms with Crippen molar-refractivity contribution in [2.24, 2.45) is 0 Å². The predicted octanol–water partition coefficient (Wildman–Crippen LogP) is 5.24. The molecular weight excluding hydrogens is 296 g/mol. The SMILES string of the molecule is C1=Cc2ccc3c4c(ccc(c24)S1)C=C(c1cnc[nH]1)S3. The van der Waals surface area contributed by atoms with Gasteiger partial charge in [0.2, 0.25) is 0 Å². The number of nitrogens with one attached hydrogen (secondary N) is 1. The van der Waals surface area contributed by atoms with Crippen molar-refractivity contribution < 1.29 is 0 Å². The molecule has 0 fully saturated rings. The smallest absolute Gasteiger partial charge is 0.0924 e. The normalized spacial score (nSPS) is 15.3. The van der Waals surface area contributed by atoms with E-state index in [9.17, 15) is 0 Å². The van der Waals surface area contributed by atoms with Gasteiger partial charge in [0, 0.05) is 25.5 Å². The minimum Gasteiger partial charge on any atom is -0.344 e. The summed E-state index contributed by atoms with van der Waals surface area (Å²) >= 11 is 3.62. The van der Waals surface area contributed by atoms with Crippen molar-refractivity contribution in [2.75, 3.05) is 0 Å². The minimum absolute atomic E-state index is 1.08. The summed E-state index contributed by atoms with van der Waals surface area (Å²) in [5.41, 5.74) is 3.70. The molecule has 0 aliphatic carbocycles. The third kappa shape index (κ3) is 1.66. The average molecular weight is 306 g/mol. The second-order valence-corrected chi connectivity index (χ2v) is 7.08. The highest BCUT2D eigenvalue weighted by atomic mass is 32.2. The van der Waals surface area contributed by atoms with Crippen molar-refractivity contribution in [3.05, 3.63) is 59.0 Å². The predicted molar refractivity (Wildman–Crippen MR) is 91.2 cm³/mol. The van der Waals surface area contributed by atoms with E-state index in [4.69, 9.17) is 0 Å². The van der Waals surface area contributed by atoms with Crippen molar-refractivity contribution in [3.63, 3.8) is 0 Å². The van der Waals surface area contributed by atoms with E-state index in [2.05, 4.69) is 51.8 Å². The van der Waals surface area contributed by atoms with E-state index in [0.29, 0.717) is 0 Å². The van der Waals surface area contributed by atoms with Gasteiger partial charge in [0.25, 0.3) is 0 Å². The molecule has 0 saturated carbocycles. The van der Waals surface area contributed by atoms with Gasteiger partial charge in [-0.25, -0.2) is 4.98 Å². The first kappa shape index (κ1) is 11.7. The summed E-state index contributed by atoms with van der Waals surface area (Å²) in [4.78, 5) is 11.2. The molecule has 3 aromatic rings. The zero-order valence-electron chi connectivity index (χ0n) is 11.0. The number of aromatic nitrogens is 2. The van der Waals surface area contributed by atoms with Gasteiger partial charge in [0.1, 0.15) is 0 Å². The monoisotopic (exact) mass is 306 g/mol. The van der Waals surface area contributed by atoms with Gasteiger partial charge in [0.05, 0.1) is 18.2 Å². The van der Waals surface area contributed by atoms with E-state index in [1.165, 1.54) is 36.6 Å². The van der Waals surface area contributed by atoms with Crippen molar-refractivity contribution >= 4 is 51.4 Å². The quantitative estimate of drug-likeness (QED) is 0.666. The Morgan fingerprint density at radius 1 is 0.952 bits per heavy atom. The maximum atomic E-state index is 4.13. The second kappa shape index (κ2) is 4.29. The Morgan fingerprint density at radius 2 is 1.81 bits per heavy atom. The Hall–Kier alpha value is -1.91. The van der Waals surface area contributed by atoms with E-state index in [1.54, 1.807) is 18.1 Å². The summed E-state index contributed by atoms with van der Waals surface area (Å²) in [6.07, 6.45) is 8.08. The summed E-state index contributed by atoms with van der Waals surface area (Å²) in [6, 6.07) is 8.92. The number of H-pyrrole nitrogens is 1. The topological polar surface area (TPSA) is 28.7 Å². The molecule has 100 valence electrons. The molecule has 0 unspecified atom stereocenters. The number of rotatable bonds is 1. The molecule has 4 heteroatoms. The molecule has 1 aromatic heterocycles. The summed E-state index contributed by atoms with van der Waals surface area (Å²) in [7, 11) is 0. The number of nitrogens with zero attached hydrogens (tertiary/aromatic N) is 1. The summed E-state index contributed by atoms with van der Waals surface area (Å²) in [6.45, 7) is 0. The van der Waals surface area contributed by atoms with Crippen molar-refractivity contribution in [2.45, 2.75) is 9.79 Å². The van der Waals surface area contributed by atoms with Gasteiger partial charge < -0.3 is 4.98 Å². The van der Waals surface area contributed by atoms with Crippen LogP contribution in [0.15, 0.2) is 52.0 Å². The van der Waals surface area contributed by atoms with Crippen LogP contribution in [0.2, 0.25) is 0 Å². The zero-order chi connectivity index (χ0) is 13.8. The average Bonchev–Trinajstić information content (AvgIpc) is 3.07.